The highest BCUT2D eigenvalue weighted by atomic mass is 35.5. The molecule has 2 heterocycles. The summed E-state index contributed by atoms with van der Waals surface area (Å²) in [6.07, 6.45) is 3.18. The lowest BCUT2D eigenvalue weighted by atomic mass is 10.1. The minimum absolute atomic E-state index is 0.539. The molecule has 0 saturated carbocycles. The molecule has 5 nitrogen and oxygen atoms in total. The fourth-order valence-electron chi connectivity index (χ4n) is 2.43. The number of aliphatic imine (C=N–C) groups is 1. The van der Waals surface area contributed by atoms with E-state index in [1.165, 1.54) is 6.33 Å². The van der Waals surface area contributed by atoms with E-state index in [0.717, 1.165) is 24.5 Å². The van der Waals surface area contributed by atoms with Crippen LogP contribution in [0.5, 0.6) is 0 Å². The highest BCUT2D eigenvalue weighted by Gasteiger charge is 2.14. The molecule has 2 aromatic rings. The van der Waals surface area contributed by atoms with E-state index in [-0.39, 0.29) is 0 Å². The van der Waals surface area contributed by atoms with E-state index in [0.29, 0.717) is 34.6 Å². The molecular weight excluding hydrogens is 335 g/mol. The maximum absolute atomic E-state index is 6.30. The molecule has 1 aromatic carbocycles. The van der Waals surface area contributed by atoms with Crippen LogP contribution in [-0.2, 0) is 4.74 Å². The van der Waals surface area contributed by atoms with Crippen molar-refractivity contribution >= 4 is 34.7 Å². The largest absolute Gasteiger partial charge is 0.378 e. The van der Waals surface area contributed by atoms with Gasteiger partial charge in [-0.15, -0.1) is 0 Å². The number of benzene rings is 1. The van der Waals surface area contributed by atoms with Crippen LogP contribution in [0.1, 0.15) is 6.92 Å². The second-order valence-electron chi connectivity index (χ2n) is 5.14. The Bertz CT molecular complexity index is 730. The van der Waals surface area contributed by atoms with Crippen molar-refractivity contribution in [2.24, 2.45) is 4.99 Å². The van der Waals surface area contributed by atoms with Crippen molar-refractivity contribution in [3.8, 4) is 11.3 Å². The van der Waals surface area contributed by atoms with Crippen LogP contribution < -0.4 is 0 Å². The zero-order valence-electron chi connectivity index (χ0n) is 12.7. The molecule has 0 N–H and O–H groups in total. The number of amidine groups is 1. The standard InChI is InChI=1S/C16H16Cl2N4O/c1-11(22-4-6-23-7-5-22)21-15-9-19-10-20-16(15)13-3-2-12(17)8-14(13)18/h2-3,8-10H,4-7H2,1H3. The number of nitrogens with zero attached hydrogens (tertiary/aromatic N) is 4. The van der Waals surface area contributed by atoms with Gasteiger partial charge in [0, 0.05) is 23.7 Å². The summed E-state index contributed by atoms with van der Waals surface area (Å²) in [5.74, 6) is 0.912. The maximum Gasteiger partial charge on any atom is 0.116 e. The SMILES string of the molecule is CC(=Nc1cncnc1-c1ccc(Cl)cc1Cl)N1CCOCC1. The fraction of sp³-hybridized carbons (Fsp3) is 0.312. The molecule has 1 aliphatic heterocycles. The van der Waals surface area contributed by atoms with Crippen LogP contribution in [0.3, 0.4) is 0 Å². The van der Waals surface area contributed by atoms with Crippen LogP contribution in [0.2, 0.25) is 10.0 Å². The molecule has 0 aliphatic carbocycles. The summed E-state index contributed by atoms with van der Waals surface area (Å²) in [6.45, 7) is 5.08. The summed E-state index contributed by atoms with van der Waals surface area (Å²) in [5, 5.41) is 1.12. The van der Waals surface area contributed by atoms with E-state index in [4.69, 9.17) is 32.9 Å². The van der Waals surface area contributed by atoms with Gasteiger partial charge in [-0.2, -0.15) is 0 Å². The number of hydrogen-bond acceptors (Lipinski definition) is 4. The van der Waals surface area contributed by atoms with E-state index in [2.05, 4.69) is 14.9 Å². The molecule has 120 valence electrons. The highest BCUT2D eigenvalue weighted by Crippen LogP contribution is 2.34. The molecule has 1 aromatic heterocycles. The number of aromatic nitrogens is 2. The molecule has 0 atom stereocenters. The van der Waals surface area contributed by atoms with Gasteiger partial charge >= 0.3 is 0 Å². The predicted octanol–water partition coefficient (Wildman–Crippen LogP) is 3.83. The van der Waals surface area contributed by atoms with Crippen LogP contribution in [0, 0.1) is 0 Å². The van der Waals surface area contributed by atoms with Crippen molar-refractivity contribution < 1.29 is 4.74 Å². The van der Waals surface area contributed by atoms with Crippen LogP contribution in [0.4, 0.5) is 5.69 Å². The van der Waals surface area contributed by atoms with Gasteiger partial charge in [-0.1, -0.05) is 23.2 Å². The number of hydrogen-bond donors (Lipinski definition) is 0. The van der Waals surface area contributed by atoms with Gasteiger partial charge in [0.25, 0.3) is 0 Å². The minimum atomic E-state index is 0.539. The zero-order chi connectivity index (χ0) is 16.2. The Hall–Kier alpha value is -1.69. The van der Waals surface area contributed by atoms with E-state index < -0.39 is 0 Å². The Balaban J connectivity index is 1.97. The van der Waals surface area contributed by atoms with Gasteiger partial charge in [0.05, 0.1) is 24.4 Å². The Morgan fingerprint density at radius 3 is 2.78 bits per heavy atom. The fourth-order valence-corrected chi connectivity index (χ4v) is 2.92. The summed E-state index contributed by atoms with van der Waals surface area (Å²) in [6, 6.07) is 5.33. The Kier molecular flexibility index (Phi) is 5.10. The van der Waals surface area contributed by atoms with Crippen LogP contribution in [0.25, 0.3) is 11.3 Å². The molecule has 0 spiro atoms. The molecule has 0 radical (unpaired) electrons. The normalized spacial score (nSPS) is 15.8. The lowest BCUT2D eigenvalue weighted by Gasteiger charge is -2.28. The van der Waals surface area contributed by atoms with Crippen molar-refractivity contribution in [1.82, 2.24) is 14.9 Å². The lowest BCUT2D eigenvalue weighted by molar-refractivity contribution is 0.0678. The van der Waals surface area contributed by atoms with Crippen molar-refractivity contribution in [2.45, 2.75) is 6.92 Å². The third kappa shape index (κ3) is 3.80. The van der Waals surface area contributed by atoms with Gasteiger partial charge in [-0.3, -0.25) is 0 Å². The second kappa shape index (κ2) is 7.25. The van der Waals surface area contributed by atoms with Crippen molar-refractivity contribution in [3.05, 3.63) is 40.8 Å². The van der Waals surface area contributed by atoms with Gasteiger partial charge in [0.1, 0.15) is 23.5 Å². The number of halogens is 2. The first-order valence-corrected chi connectivity index (χ1v) is 8.04. The Labute approximate surface area is 144 Å². The molecular formula is C16H16Cl2N4O. The van der Waals surface area contributed by atoms with Crippen molar-refractivity contribution in [2.75, 3.05) is 26.3 Å². The summed E-state index contributed by atoms with van der Waals surface area (Å²) in [7, 11) is 0. The van der Waals surface area contributed by atoms with Crippen molar-refractivity contribution in [1.29, 1.82) is 0 Å². The zero-order valence-corrected chi connectivity index (χ0v) is 14.2. The Morgan fingerprint density at radius 1 is 1.26 bits per heavy atom. The highest BCUT2D eigenvalue weighted by molar-refractivity contribution is 6.36. The lowest BCUT2D eigenvalue weighted by Crippen LogP contribution is -2.39. The van der Waals surface area contributed by atoms with Crippen molar-refractivity contribution in [3.63, 3.8) is 0 Å². The third-order valence-corrected chi connectivity index (χ3v) is 4.18. The van der Waals surface area contributed by atoms with E-state index in [9.17, 15) is 0 Å². The van der Waals surface area contributed by atoms with Crippen LogP contribution >= 0.6 is 23.2 Å². The van der Waals surface area contributed by atoms with E-state index in [1.54, 1.807) is 18.3 Å². The second-order valence-corrected chi connectivity index (χ2v) is 5.98. The van der Waals surface area contributed by atoms with Gasteiger partial charge < -0.3 is 9.64 Å². The molecule has 0 amide bonds. The van der Waals surface area contributed by atoms with E-state index >= 15 is 0 Å². The Morgan fingerprint density at radius 2 is 2.04 bits per heavy atom. The smallest absolute Gasteiger partial charge is 0.116 e. The third-order valence-electron chi connectivity index (χ3n) is 3.63. The predicted molar refractivity (Wildman–Crippen MR) is 92.6 cm³/mol. The minimum Gasteiger partial charge on any atom is -0.378 e. The number of ether oxygens (including phenoxy) is 1. The molecule has 1 saturated heterocycles. The molecule has 1 fully saturated rings. The molecule has 0 unspecified atom stereocenters. The molecule has 0 bridgehead atoms. The van der Waals surface area contributed by atoms with Gasteiger partial charge in [0.2, 0.25) is 0 Å². The van der Waals surface area contributed by atoms with Crippen LogP contribution in [-0.4, -0.2) is 47.0 Å². The quantitative estimate of drug-likeness (QED) is 0.610. The van der Waals surface area contributed by atoms with Gasteiger partial charge in [-0.25, -0.2) is 15.0 Å². The maximum atomic E-state index is 6.30. The van der Waals surface area contributed by atoms with Crippen LogP contribution in [0.15, 0.2) is 35.7 Å². The summed E-state index contributed by atoms with van der Waals surface area (Å²) in [4.78, 5) is 15.3. The average molecular weight is 351 g/mol. The number of morpholine rings is 1. The van der Waals surface area contributed by atoms with Gasteiger partial charge in [-0.05, 0) is 25.1 Å². The molecule has 3 rings (SSSR count). The monoisotopic (exact) mass is 350 g/mol. The molecule has 7 heteroatoms. The average Bonchev–Trinajstić information content (AvgIpc) is 2.56. The first-order chi connectivity index (χ1) is 11.1. The summed E-state index contributed by atoms with van der Waals surface area (Å²) < 4.78 is 5.37. The first kappa shape index (κ1) is 16.2. The molecule has 23 heavy (non-hydrogen) atoms. The number of rotatable bonds is 2. The molecule has 1 aliphatic rings. The van der Waals surface area contributed by atoms with E-state index in [1.807, 2.05) is 13.0 Å². The van der Waals surface area contributed by atoms with Gasteiger partial charge in [0.15, 0.2) is 0 Å². The topological polar surface area (TPSA) is 50.6 Å². The summed E-state index contributed by atoms with van der Waals surface area (Å²) in [5.41, 5.74) is 2.15. The first-order valence-electron chi connectivity index (χ1n) is 7.28. The summed E-state index contributed by atoms with van der Waals surface area (Å²) >= 11 is 12.3.